The van der Waals surface area contributed by atoms with Gasteiger partial charge in [-0.15, -0.1) is 0 Å². The van der Waals surface area contributed by atoms with Gasteiger partial charge in [0.1, 0.15) is 0 Å². The molecule has 0 aliphatic carbocycles. The van der Waals surface area contributed by atoms with Gasteiger partial charge in [0.25, 0.3) is 17.7 Å². The number of anilines is 1. The van der Waals surface area contributed by atoms with Crippen LogP contribution in [0.2, 0.25) is 0 Å². The van der Waals surface area contributed by atoms with Gasteiger partial charge in [0, 0.05) is 42.5 Å². The Balaban J connectivity index is 1.41. The number of hydrogen-bond donors (Lipinski definition) is 3. The van der Waals surface area contributed by atoms with E-state index in [1.54, 1.807) is 48.2 Å². The van der Waals surface area contributed by atoms with E-state index in [2.05, 4.69) is 20.0 Å². The summed E-state index contributed by atoms with van der Waals surface area (Å²) in [7, 11) is 0. The number of amides is 3. The Kier molecular flexibility index (Phi) is 8.54. The van der Waals surface area contributed by atoms with Gasteiger partial charge in [-0.25, -0.2) is 4.79 Å². The second-order valence-corrected chi connectivity index (χ2v) is 9.10. The molecule has 2 aliphatic heterocycles. The van der Waals surface area contributed by atoms with Gasteiger partial charge in [-0.1, -0.05) is 24.2 Å². The Morgan fingerprint density at radius 3 is 2.58 bits per heavy atom. The summed E-state index contributed by atoms with van der Waals surface area (Å²) >= 11 is 0. The molecule has 2 saturated heterocycles. The lowest BCUT2D eigenvalue weighted by atomic mass is 10.0. The standard InChI is InChI=1S/C26H31N5O7/c1-3-4-6-18(24(34)30-11-5-12-30)15-16(2)31-13-14-37-21(25(31)35)20(32)23(33)27-19-9-7-17(8-10-19)22-28-26(36)38-29-22/h4,6-10,15-16,20-21,32H,3,5,11-14H2,1-2H3,(H,27,33)(H,28,29,36)/b6-4-,18-15+/t16?,20-,21-/m1/s1. The molecule has 2 fully saturated rings. The molecule has 3 amide bonds. The fraction of sp³-hybridized carbons (Fsp3) is 0.423. The van der Waals surface area contributed by atoms with Crippen LogP contribution < -0.4 is 11.1 Å². The first-order chi connectivity index (χ1) is 18.3. The number of aliphatic hydroxyl groups excluding tert-OH is 1. The predicted molar refractivity (Wildman–Crippen MR) is 137 cm³/mol. The molecule has 0 spiro atoms. The number of benzene rings is 1. The van der Waals surface area contributed by atoms with Crippen molar-refractivity contribution in [2.75, 3.05) is 31.6 Å². The molecule has 1 aromatic carbocycles. The molecule has 202 valence electrons. The van der Waals surface area contributed by atoms with Crippen LogP contribution in [0.25, 0.3) is 11.4 Å². The maximum atomic E-state index is 13.2. The molecular weight excluding hydrogens is 494 g/mol. The Morgan fingerprint density at radius 2 is 1.97 bits per heavy atom. The van der Waals surface area contributed by atoms with E-state index in [9.17, 15) is 24.3 Å². The molecule has 2 aliphatic rings. The lowest BCUT2D eigenvalue weighted by Gasteiger charge is -2.37. The van der Waals surface area contributed by atoms with Crippen LogP contribution in [0.15, 0.2) is 57.4 Å². The van der Waals surface area contributed by atoms with Gasteiger partial charge in [-0.2, -0.15) is 0 Å². The molecule has 0 bridgehead atoms. The molecule has 0 saturated carbocycles. The number of morpholine rings is 1. The molecule has 1 unspecified atom stereocenters. The quantitative estimate of drug-likeness (QED) is 0.324. The predicted octanol–water partition coefficient (Wildman–Crippen LogP) is 1.07. The molecule has 2 aromatic rings. The topological polar surface area (TPSA) is 158 Å². The number of likely N-dealkylation sites (tertiary alicyclic amines) is 1. The number of rotatable bonds is 9. The first-order valence-electron chi connectivity index (χ1n) is 12.5. The van der Waals surface area contributed by atoms with Crippen LogP contribution in [-0.4, -0.2) is 87.3 Å². The monoisotopic (exact) mass is 525 g/mol. The summed E-state index contributed by atoms with van der Waals surface area (Å²) in [6, 6.07) is 5.84. The van der Waals surface area contributed by atoms with E-state index in [1.165, 1.54) is 4.90 Å². The number of carbonyl (C=O) groups is 3. The highest BCUT2D eigenvalue weighted by Crippen LogP contribution is 2.21. The number of aliphatic hydroxyl groups is 1. The van der Waals surface area contributed by atoms with E-state index >= 15 is 0 Å². The number of aromatic nitrogens is 2. The van der Waals surface area contributed by atoms with Crippen molar-refractivity contribution >= 4 is 23.4 Å². The van der Waals surface area contributed by atoms with Crippen LogP contribution in [0.1, 0.15) is 26.7 Å². The van der Waals surface area contributed by atoms with Crippen molar-refractivity contribution in [3.63, 3.8) is 0 Å². The summed E-state index contributed by atoms with van der Waals surface area (Å²) in [5, 5.41) is 16.8. The van der Waals surface area contributed by atoms with Gasteiger partial charge in [0.05, 0.1) is 6.61 Å². The Bertz CT molecular complexity index is 1280. The number of allylic oxidation sites excluding steroid dienone is 1. The highest BCUT2D eigenvalue weighted by atomic mass is 16.5. The van der Waals surface area contributed by atoms with Gasteiger partial charge in [0.2, 0.25) is 0 Å². The third-order valence-electron chi connectivity index (χ3n) is 6.41. The van der Waals surface area contributed by atoms with Crippen LogP contribution in [-0.2, 0) is 19.1 Å². The number of ether oxygens (including phenoxy) is 1. The van der Waals surface area contributed by atoms with Gasteiger partial charge in [-0.05, 0) is 50.1 Å². The molecule has 38 heavy (non-hydrogen) atoms. The number of nitrogens with zero attached hydrogens (tertiary/aromatic N) is 3. The maximum absolute atomic E-state index is 13.2. The summed E-state index contributed by atoms with van der Waals surface area (Å²) in [6.07, 6.45) is 4.00. The van der Waals surface area contributed by atoms with Gasteiger partial charge < -0.3 is 25.0 Å². The minimum Gasteiger partial charge on any atom is -0.380 e. The number of aromatic amines is 1. The smallest absolute Gasteiger partial charge is 0.380 e. The Morgan fingerprint density at radius 1 is 1.24 bits per heavy atom. The average molecular weight is 526 g/mol. The minimum atomic E-state index is -1.75. The van der Waals surface area contributed by atoms with E-state index in [0.29, 0.717) is 29.9 Å². The fourth-order valence-corrected chi connectivity index (χ4v) is 4.17. The second kappa shape index (κ2) is 12.0. The number of hydrogen-bond acceptors (Lipinski definition) is 8. The van der Waals surface area contributed by atoms with Crippen molar-refractivity contribution in [2.45, 2.75) is 44.9 Å². The largest absolute Gasteiger partial charge is 0.439 e. The van der Waals surface area contributed by atoms with E-state index in [1.807, 2.05) is 13.0 Å². The van der Waals surface area contributed by atoms with Crippen LogP contribution in [0.4, 0.5) is 5.69 Å². The Hall–Kier alpha value is -4.03. The summed E-state index contributed by atoms with van der Waals surface area (Å²) in [6.45, 7) is 5.58. The maximum Gasteiger partial charge on any atom is 0.439 e. The average Bonchev–Trinajstić information content (AvgIpc) is 3.31. The van der Waals surface area contributed by atoms with Crippen LogP contribution in [0, 0.1) is 0 Å². The third-order valence-corrected chi connectivity index (χ3v) is 6.41. The van der Waals surface area contributed by atoms with Crippen molar-refractivity contribution in [3.05, 3.63) is 58.6 Å². The first-order valence-corrected chi connectivity index (χ1v) is 12.5. The zero-order valence-electron chi connectivity index (χ0n) is 21.3. The van der Waals surface area contributed by atoms with E-state index < -0.39 is 35.8 Å². The third kappa shape index (κ3) is 6.09. The lowest BCUT2D eigenvalue weighted by Crippen LogP contribution is -2.57. The molecule has 12 heteroatoms. The lowest BCUT2D eigenvalue weighted by molar-refractivity contribution is -0.167. The van der Waals surface area contributed by atoms with Gasteiger partial charge in [-0.3, -0.25) is 23.9 Å². The number of nitrogens with one attached hydrogen (secondary N) is 2. The van der Waals surface area contributed by atoms with Gasteiger partial charge >= 0.3 is 5.76 Å². The van der Waals surface area contributed by atoms with E-state index in [0.717, 1.165) is 12.8 Å². The highest BCUT2D eigenvalue weighted by Gasteiger charge is 2.40. The van der Waals surface area contributed by atoms with Crippen molar-refractivity contribution in [3.8, 4) is 11.4 Å². The van der Waals surface area contributed by atoms with Crippen LogP contribution >= 0.6 is 0 Å². The number of carbonyl (C=O) groups excluding carboxylic acids is 3. The van der Waals surface area contributed by atoms with E-state index in [4.69, 9.17) is 4.74 Å². The summed E-state index contributed by atoms with van der Waals surface area (Å²) < 4.78 is 9.96. The van der Waals surface area contributed by atoms with Crippen molar-refractivity contribution in [1.29, 1.82) is 0 Å². The number of H-pyrrole nitrogens is 1. The van der Waals surface area contributed by atoms with Crippen LogP contribution in [0.3, 0.4) is 0 Å². The van der Waals surface area contributed by atoms with Crippen LogP contribution in [0.5, 0.6) is 0 Å². The zero-order valence-corrected chi connectivity index (χ0v) is 21.3. The molecule has 1 aromatic heterocycles. The second-order valence-electron chi connectivity index (χ2n) is 9.10. The first kappa shape index (κ1) is 27.0. The normalized spacial score (nSPS) is 19.8. The fourth-order valence-electron chi connectivity index (χ4n) is 4.17. The molecule has 0 radical (unpaired) electrons. The SMILES string of the molecule is CC/C=C\C(=C/C(C)N1CCO[C@H]([C@@H](O)C(=O)Nc2ccc(-c3noc(=O)[nH]3)cc2)C1=O)C(=O)N1CCC1. The van der Waals surface area contributed by atoms with Crippen molar-refractivity contribution < 1.29 is 28.8 Å². The molecule has 3 N–H and O–H groups in total. The van der Waals surface area contributed by atoms with Crippen molar-refractivity contribution in [1.82, 2.24) is 19.9 Å². The molecule has 3 atom stereocenters. The Labute approximate surface area is 218 Å². The molecule has 12 nitrogen and oxygen atoms in total. The molecular formula is C26H31N5O7. The molecule has 4 rings (SSSR count). The molecule has 3 heterocycles. The van der Waals surface area contributed by atoms with E-state index in [-0.39, 0.29) is 24.9 Å². The summed E-state index contributed by atoms with van der Waals surface area (Å²) in [4.78, 5) is 55.6. The van der Waals surface area contributed by atoms with Crippen molar-refractivity contribution in [2.24, 2.45) is 0 Å². The summed E-state index contributed by atoms with van der Waals surface area (Å²) in [5.74, 6) is -1.88. The minimum absolute atomic E-state index is 0.0783. The highest BCUT2D eigenvalue weighted by molar-refractivity contribution is 5.99. The zero-order chi connectivity index (χ0) is 27.2. The van der Waals surface area contributed by atoms with Gasteiger partial charge in [0.15, 0.2) is 18.0 Å². The summed E-state index contributed by atoms with van der Waals surface area (Å²) in [5.41, 5.74) is 1.42.